The summed E-state index contributed by atoms with van der Waals surface area (Å²) < 4.78 is 5.26. The quantitative estimate of drug-likeness (QED) is 0.865. The highest BCUT2D eigenvalue weighted by Gasteiger charge is 2.22. The molecule has 0 saturated heterocycles. The van der Waals surface area contributed by atoms with E-state index in [4.69, 9.17) is 4.74 Å². The lowest BCUT2D eigenvalue weighted by atomic mass is 9.98. The molecule has 18 heavy (non-hydrogen) atoms. The number of aromatic nitrogens is 2. The second kappa shape index (κ2) is 4.82. The summed E-state index contributed by atoms with van der Waals surface area (Å²) in [6, 6.07) is 8.51. The number of H-pyrrole nitrogens is 1. The second-order valence-electron chi connectivity index (χ2n) is 4.58. The number of methoxy groups -OCH3 is 1. The molecule has 1 aromatic carbocycles. The van der Waals surface area contributed by atoms with Crippen LogP contribution in [0.5, 0.6) is 5.75 Å². The predicted molar refractivity (Wildman–Crippen MR) is 69.7 cm³/mol. The predicted octanol–water partition coefficient (Wildman–Crippen LogP) is 1.85. The third kappa shape index (κ3) is 2.11. The number of fused-ring (bicyclic) bond motifs is 1. The Balaban J connectivity index is 1.81. The Morgan fingerprint density at radius 3 is 3.28 bits per heavy atom. The minimum atomic E-state index is 0.298. The Labute approximate surface area is 106 Å². The van der Waals surface area contributed by atoms with Gasteiger partial charge in [-0.05, 0) is 24.1 Å². The van der Waals surface area contributed by atoms with Crippen molar-refractivity contribution in [2.45, 2.75) is 18.9 Å². The number of rotatable bonds is 3. The van der Waals surface area contributed by atoms with E-state index in [2.05, 4.69) is 27.4 Å². The van der Waals surface area contributed by atoms with Gasteiger partial charge in [-0.1, -0.05) is 12.1 Å². The summed E-state index contributed by atoms with van der Waals surface area (Å²) in [6.07, 6.45) is 3.76. The third-order valence-corrected chi connectivity index (χ3v) is 3.42. The largest absolute Gasteiger partial charge is 0.497 e. The fourth-order valence-corrected chi connectivity index (χ4v) is 2.50. The molecular weight excluding hydrogens is 226 g/mol. The van der Waals surface area contributed by atoms with Crippen LogP contribution in [-0.4, -0.2) is 23.6 Å². The van der Waals surface area contributed by atoms with E-state index in [1.54, 1.807) is 13.4 Å². The van der Waals surface area contributed by atoms with Crippen molar-refractivity contribution in [1.82, 2.24) is 15.3 Å². The summed E-state index contributed by atoms with van der Waals surface area (Å²) in [7, 11) is 1.70. The van der Waals surface area contributed by atoms with Gasteiger partial charge in [0.2, 0.25) is 0 Å². The van der Waals surface area contributed by atoms with Crippen LogP contribution < -0.4 is 10.1 Å². The fourth-order valence-electron chi connectivity index (χ4n) is 2.50. The molecule has 2 aromatic rings. The summed E-state index contributed by atoms with van der Waals surface area (Å²) in [5.74, 6) is 0.908. The van der Waals surface area contributed by atoms with E-state index in [-0.39, 0.29) is 0 Å². The molecule has 0 aliphatic carbocycles. The van der Waals surface area contributed by atoms with Crippen molar-refractivity contribution in [3.63, 3.8) is 0 Å². The van der Waals surface area contributed by atoms with Crippen LogP contribution in [0.15, 0.2) is 30.6 Å². The zero-order chi connectivity index (χ0) is 12.4. The summed E-state index contributed by atoms with van der Waals surface area (Å²) in [4.78, 5) is 7.65. The Hall–Kier alpha value is -1.81. The van der Waals surface area contributed by atoms with Crippen LogP contribution in [0.3, 0.4) is 0 Å². The number of imidazole rings is 1. The number of benzene rings is 1. The topological polar surface area (TPSA) is 49.9 Å². The van der Waals surface area contributed by atoms with E-state index >= 15 is 0 Å². The summed E-state index contributed by atoms with van der Waals surface area (Å²) in [5, 5.41) is 3.52. The van der Waals surface area contributed by atoms with Gasteiger partial charge in [-0.15, -0.1) is 0 Å². The first kappa shape index (κ1) is 11.3. The van der Waals surface area contributed by atoms with Crippen molar-refractivity contribution in [3.05, 3.63) is 47.5 Å². The van der Waals surface area contributed by atoms with E-state index in [1.165, 1.54) is 11.3 Å². The van der Waals surface area contributed by atoms with E-state index in [9.17, 15) is 0 Å². The summed E-state index contributed by atoms with van der Waals surface area (Å²) >= 11 is 0. The molecule has 4 heteroatoms. The van der Waals surface area contributed by atoms with Gasteiger partial charge < -0.3 is 15.0 Å². The third-order valence-electron chi connectivity index (χ3n) is 3.42. The Morgan fingerprint density at radius 1 is 1.44 bits per heavy atom. The maximum atomic E-state index is 5.26. The van der Waals surface area contributed by atoms with Crippen LogP contribution in [0.1, 0.15) is 23.0 Å². The van der Waals surface area contributed by atoms with Crippen LogP contribution in [0.25, 0.3) is 0 Å². The number of nitrogens with one attached hydrogen (secondary N) is 2. The van der Waals surface area contributed by atoms with Gasteiger partial charge in [-0.2, -0.15) is 0 Å². The Bertz CT molecular complexity index is 535. The van der Waals surface area contributed by atoms with Gasteiger partial charge in [0.05, 0.1) is 25.2 Å². The Morgan fingerprint density at radius 2 is 2.39 bits per heavy atom. The van der Waals surface area contributed by atoms with Gasteiger partial charge in [0, 0.05) is 18.7 Å². The molecule has 1 aromatic heterocycles. The lowest BCUT2D eigenvalue weighted by molar-refractivity contribution is 0.413. The summed E-state index contributed by atoms with van der Waals surface area (Å²) in [6.45, 7) is 1.00. The van der Waals surface area contributed by atoms with Crippen molar-refractivity contribution < 1.29 is 4.74 Å². The molecule has 1 aliphatic heterocycles. The monoisotopic (exact) mass is 243 g/mol. The molecule has 0 spiro atoms. The lowest BCUT2D eigenvalue weighted by Gasteiger charge is -2.23. The molecule has 1 aliphatic rings. The molecule has 1 unspecified atom stereocenters. The van der Waals surface area contributed by atoms with E-state index in [1.807, 2.05) is 12.1 Å². The molecule has 0 saturated carbocycles. The fraction of sp³-hybridized carbons (Fsp3) is 0.357. The van der Waals surface area contributed by atoms with Gasteiger partial charge in [0.25, 0.3) is 0 Å². The van der Waals surface area contributed by atoms with Gasteiger partial charge in [0.1, 0.15) is 5.75 Å². The standard InChI is InChI=1S/C14H17N3O/c1-18-11-4-2-3-10(7-11)8-13-14-12(5-6-15-13)16-9-17-14/h2-4,7,9,13,15H,5-6,8H2,1H3,(H,16,17). The molecule has 2 heterocycles. The lowest BCUT2D eigenvalue weighted by Crippen LogP contribution is -2.31. The zero-order valence-corrected chi connectivity index (χ0v) is 10.4. The highest BCUT2D eigenvalue weighted by Crippen LogP contribution is 2.24. The first-order chi connectivity index (χ1) is 8.86. The molecule has 3 rings (SSSR count). The molecule has 0 radical (unpaired) electrons. The van der Waals surface area contributed by atoms with Crippen molar-refractivity contribution in [2.24, 2.45) is 0 Å². The highest BCUT2D eigenvalue weighted by molar-refractivity contribution is 5.30. The number of hydrogen-bond acceptors (Lipinski definition) is 3. The maximum absolute atomic E-state index is 5.26. The molecule has 0 bridgehead atoms. The van der Waals surface area contributed by atoms with Crippen molar-refractivity contribution >= 4 is 0 Å². The highest BCUT2D eigenvalue weighted by atomic mass is 16.5. The zero-order valence-electron chi connectivity index (χ0n) is 10.4. The van der Waals surface area contributed by atoms with Gasteiger partial charge >= 0.3 is 0 Å². The van der Waals surface area contributed by atoms with Crippen molar-refractivity contribution in [1.29, 1.82) is 0 Å². The number of hydrogen-bond donors (Lipinski definition) is 2. The van der Waals surface area contributed by atoms with E-state index in [0.29, 0.717) is 6.04 Å². The molecular formula is C14H17N3O. The molecule has 4 nitrogen and oxygen atoms in total. The second-order valence-corrected chi connectivity index (χ2v) is 4.58. The van der Waals surface area contributed by atoms with Crippen LogP contribution >= 0.6 is 0 Å². The van der Waals surface area contributed by atoms with Crippen molar-refractivity contribution in [2.75, 3.05) is 13.7 Å². The molecule has 0 amide bonds. The SMILES string of the molecule is COc1cccc(CC2NCCc3[nH]cnc32)c1. The van der Waals surface area contributed by atoms with Crippen LogP contribution in [0, 0.1) is 0 Å². The number of ether oxygens (including phenoxy) is 1. The van der Waals surface area contributed by atoms with Gasteiger partial charge in [-0.3, -0.25) is 0 Å². The molecule has 1 atom stereocenters. The van der Waals surface area contributed by atoms with Crippen LogP contribution in [0.2, 0.25) is 0 Å². The molecule has 0 fully saturated rings. The minimum absolute atomic E-state index is 0.298. The number of aromatic amines is 1. The average Bonchev–Trinajstić information content (AvgIpc) is 2.88. The van der Waals surface area contributed by atoms with Crippen LogP contribution in [-0.2, 0) is 12.8 Å². The first-order valence-electron chi connectivity index (χ1n) is 6.25. The molecule has 2 N–H and O–H groups in total. The smallest absolute Gasteiger partial charge is 0.119 e. The van der Waals surface area contributed by atoms with E-state index < -0.39 is 0 Å². The number of nitrogens with zero attached hydrogens (tertiary/aromatic N) is 1. The summed E-state index contributed by atoms with van der Waals surface area (Å²) in [5.41, 5.74) is 3.69. The minimum Gasteiger partial charge on any atom is -0.497 e. The van der Waals surface area contributed by atoms with Crippen molar-refractivity contribution in [3.8, 4) is 5.75 Å². The normalized spacial score (nSPS) is 18.4. The van der Waals surface area contributed by atoms with Crippen LogP contribution in [0.4, 0.5) is 0 Å². The maximum Gasteiger partial charge on any atom is 0.119 e. The first-order valence-corrected chi connectivity index (χ1v) is 6.25. The average molecular weight is 243 g/mol. The molecule has 94 valence electrons. The van der Waals surface area contributed by atoms with Gasteiger partial charge in [0.15, 0.2) is 0 Å². The van der Waals surface area contributed by atoms with E-state index in [0.717, 1.165) is 30.8 Å². The Kier molecular flexibility index (Phi) is 3.02. The van der Waals surface area contributed by atoms with Gasteiger partial charge in [-0.25, -0.2) is 4.98 Å².